The zero-order valence-corrected chi connectivity index (χ0v) is 11.7. The van der Waals surface area contributed by atoms with Crippen LogP contribution in [0.5, 0.6) is 0 Å². The number of carbonyl (C=O) groups excluding carboxylic acids is 1. The Balaban J connectivity index is 2.11. The number of hydrogen-bond acceptors (Lipinski definition) is 3. The van der Waals surface area contributed by atoms with Gasteiger partial charge in [0.15, 0.2) is 0 Å². The van der Waals surface area contributed by atoms with Crippen molar-refractivity contribution < 1.29 is 4.79 Å². The third kappa shape index (κ3) is 3.88. The number of benzene rings is 1. The van der Waals surface area contributed by atoms with Gasteiger partial charge in [0.1, 0.15) is 0 Å². The molecule has 2 rings (SSSR count). The minimum atomic E-state index is -0.0522. The minimum absolute atomic E-state index is 0.0522. The van der Waals surface area contributed by atoms with Gasteiger partial charge in [-0.2, -0.15) is 0 Å². The predicted octanol–water partition coefficient (Wildman–Crippen LogP) is 2.62. The molecule has 104 valence electrons. The normalized spacial score (nSPS) is 15.9. The summed E-state index contributed by atoms with van der Waals surface area (Å²) in [5.41, 5.74) is 7.99. The molecular formula is C15H23N3O. The lowest BCUT2D eigenvalue weighted by Gasteiger charge is -2.18. The molecule has 4 N–H and O–H groups in total. The maximum atomic E-state index is 12.0. The van der Waals surface area contributed by atoms with Gasteiger partial charge in [-0.15, -0.1) is 0 Å². The highest BCUT2D eigenvalue weighted by Crippen LogP contribution is 2.34. The van der Waals surface area contributed by atoms with Gasteiger partial charge in [0.05, 0.1) is 5.56 Å². The first-order valence-corrected chi connectivity index (χ1v) is 7.04. The van der Waals surface area contributed by atoms with Gasteiger partial charge in [-0.05, 0) is 44.4 Å². The Labute approximate surface area is 114 Å². The Kier molecular flexibility index (Phi) is 4.30. The van der Waals surface area contributed by atoms with E-state index in [-0.39, 0.29) is 5.91 Å². The van der Waals surface area contributed by atoms with Crippen molar-refractivity contribution in [1.29, 1.82) is 0 Å². The van der Waals surface area contributed by atoms with E-state index in [4.69, 9.17) is 5.73 Å². The minimum Gasteiger partial charge on any atom is -0.399 e. The van der Waals surface area contributed by atoms with E-state index in [2.05, 4.69) is 17.6 Å². The second-order valence-corrected chi connectivity index (χ2v) is 5.39. The Hall–Kier alpha value is -1.71. The van der Waals surface area contributed by atoms with Crippen LogP contribution < -0.4 is 16.4 Å². The molecule has 4 nitrogen and oxygen atoms in total. The van der Waals surface area contributed by atoms with Gasteiger partial charge >= 0.3 is 0 Å². The Morgan fingerprint density at radius 3 is 2.84 bits per heavy atom. The van der Waals surface area contributed by atoms with E-state index in [9.17, 15) is 4.79 Å². The summed E-state index contributed by atoms with van der Waals surface area (Å²) in [6.07, 6.45) is 3.84. The molecule has 1 aliphatic rings. The maximum Gasteiger partial charge on any atom is 0.253 e. The van der Waals surface area contributed by atoms with Gasteiger partial charge in [0, 0.05) is 24.0 Å². The van der Waals surface area contributed by atoms with Crippen LogP contribution in [0.3, 0.4) is 0 Å². The van der Waals surface area contributed by atoms with E-state index >= 15 is 0 Å². The van der Waals surface area contributed by atoms with Crippen LogP contribution in [0.25, 0.3) is 0 Å². The van der Waals surface area contributed by atoms with Crippen molar-refractivity contribution in [3.63, 3.8) is 0 Å². The molecule has 19 heavy (non-hydrogen) atoms. The molecule has 1 saturated carbocycles. The van der Waals surface area contributed by atoms with Crippen molar-refractivity contribution in [1.82, 2.24) is 5.32 Å². The van der Waals surface area contributed by atoms with Gasteiger partial charge in [0.2, 0.25) is 0 Å². The Bertz CT molecular complexity index is 455. The average Bonchev–Trinajstić information content (AvgIpc) is 3.13. The van der Waals surface area contributed by atoms with Crippen molar-refractivity contribution in [3.05, 3.63) is 23.8 Å². The molecule has 1 atom stereocenters. The Morgan fingerprint density at radius 1 is 1.47 bits per heavy atom. The van der Waals surface area contributed by atoms with E-state index in [1.807, 2.05) is 13.0 Å². The van der Waals surface area contributed by atoms with Crippen LogP contribution in [-0.2, 0) is 0 Å². The number of hydrogen-bond donors (Lipinski definition) is 3. The number of nitrogens with two attached hydrogens (primary N) is 1. The van der Waals surface area contributed by atoms with Crippen molar-refractivity contribution in [2.75, 3.05) is 17.6 Å². The quantitative estimate of drug-likeness (QED) is 0.690. The van der Waals surface area contributed by atoms with E-state index in [0.717, 1.165) is 18.0 Å². The second-order valence-electron chi connectivity index (χ2n) is 5.39. The van der Waals surface area contributed by atoms with Crippen molar-refractivity contribution in [3.8, 4) is 0 Å². The fraction of sp³-hybridized carbons (Fsp3) is 0.533. The summed E-state index contributed by atoms with van der Waals surface area (Å²) in [7, 11) is 0. The summed E-state index contributed by atoms with van der Waals surface area (Å²) in [5.74, 6) is 0.806. The molecule has 1 unspecified atom stereocenters. The summed E-state index contributed by atoms with van der Waals surface area (Å²) in [5, 5.41) is 6.25. The van der Waals surface area contributed by atoms with Crippen LogP contribution in [0, 0.1) is 5.92 Å². The number of amides is 1. The molecule has 0 bridgehead atoms. The maximum absolute atomic E-state index is 12.0. The molecule has 1 fully saturated rings. The molecule has 1 amide bonds. The van der Waals surface area contributed by atoms with Gasteiger partial charge in [-0.3, -0.25) is 4.79 Å². The topological polar surface area (TPSA) is 67.2 Å². The van der Waals surface area contributed by atoms with Crippen LogP contribution >= 0.6 is 0 Å². The summed E-state index contributed by atoms with van der Waals surface area (Å²) >= 11 is 0. The molecule has 1 aliphatic carbocycles. The Morgan fingerprint density at radius 2 is 2.21 bits per heavy atom. The zero-order chi connectivity index (χ0) is 13.8. The summed E-state index contributed by atoms with van der Waals surface area (Å²) in [6, 6.07) is 5.75. The molecule has 0 heterocycles. The first-order valence-electron chi connectivity index (χ1n) is 7.04. The summed E-state index contributed by atoms with van der Waals surface area (Å²) in [6.45, 7) is 4.70. The molecule has 0 aliphatic heterocycles. The van der Waals surface area contributed by atoms with Crippen molar-refractivity contribution >= 4 is 17.3 Å². The first-order chi connectivity index (χ1) is 9.10. The van der Waals surface area contributed by atoms with Crippen LogP contribution in [0.15, 0.2) is 18.2 Å². The van der Waals surface area contributed by atoms with Gasteiger partial charge in [-0.1, -0.05) is 12.8 Å². The van der Waals surface area contributed by atoms with Crippen LogP contribution in [0.4, 0.5) is 11.4 Å². The number of carbonyl (C=O) groups is 1. The number of nitrogen functional groups attached to an aromatic ring is 1. The first kappa shape index (κ1) is 13.7. The third-order valence-electron chi connectivity index (χ3n) is 3.41. The molecule has 0 saturated heterocycles. The SMILES string of the molecule is CCNC(=O)c1ccc(N)cc1NC(C)CC1CC1. The van der Waals surface area contributed by atoms with Crippen LogP contribution in [-0.4, -0.2) is 18.5 Å². The van der Waals surface area contributed by atoms with Crippen molar-refractivity contribution in [2.45, 2.75) is 39.2 Å². The van der Waals surface area contributed by atoms with E-state index in [0.29, 0.717) is 23.8 Å². The number of anilines is 2. The fourth-order valence-electron chi connectivity index (χ4n) is 2.31. The molecule has 1 aromatic rings. The third-order valence-corrected chi connectivity index (χ3v) is 3.41. The molecule has 0 radical (unpaired) electrons. The molecule has 1 aromatic carbocycles. The monoisotopic (exact) mass is 261 g/mol. The summed E-state index contributed by atoms with van der Waals surface area (Å²) in [4.78, 5) is 12.0. The van der Waals surface area contributed by atoms with Gasteiger partial charge in [0.25, 0.3) is 5.91 Å². The van der Waals surface area contributed by atoms with Gasteiger partial charge in [-0.25, -0.2) is 0 Å². The molecule has 0 aromatic heterocycles. The zero-order valence-electron chi connectivity index (χ0n) is 11.7. The average molecular weight is 261 g/mol. The van der Waals surface area contributed by atoms with Crippen molar-refractivity contribution in [2.24, 2.45) is 5.92 Å². The van der Waals surface area contributed by atoms with E-state index in [1.54, 1.807) is 12.1 Å². The van der Waals surface area contributed by atoms with Crippen LogP contribution in [0.2, 0.25) is 0 Å². The molecule has 4 heteroatoms. The highest BCUT2D eigenvalue weighted by atomic mass is 16.1. The van der Waals surface area contributed by atoms with Crippen LogP contribution in [0.1, 0.15) is 43.5 Å². The lowest BCUT2D eigenvalue weighted by molar-refractivity contribution is 0.0956. The highest BCUT2D eigenvalue weighted by molar-refractivity contribution is 6.00. The lowest BCUT2D eigenvalue weighted by Crippen LogP contribution is -2.25. The fourth-order valence-corrected chi connectivity index (χ4v) is 2.31. The largest absolute Gasteiger partial charge is 0.399 e. The second kappa shape index (κ2) is 5.95. The smallest absolute Gasteiger partial charge is 0.253 e. The molecule has 0 spiro atoms. The lowest BCUT2D eigenvalue weighted by atomic mass is 10.1. The van der Waals surface area contributed by atoms with Gasteiger partial charge < -0.3 is 16.4 Å². The number of nitrogens with one attached hydrogen (secondary N) is 2. The van der Waals surface area contributed by atoms with E-state index in [1.165, 1.54) is 12.8 Å². The highest BCUT2D eigenvalue weighted by Gasteiger charge is 2.24. The number of rotatable bonds is 6. The molecular weight excluding hydrogens is 238 g/mol. The predicted molar refractivity (Wildman–Crippen MR) is 79.3 cm³/mol. The standard InChI is InChI=1S/C15H23N3O/c1-3-17-15(19)13-7-6-12(16)9-14(13)18-10(2)8-11-4-5-11/h6-7,9-11,18H,3-5,8,16H2,1-2H3,(H,17,19). The summed E-state index contributed by atoms with van der Waals surface area (Å²) < 4.78 is 0. The van der Waals surface area contributed by atoms with E-state index < -0.39 is 0 Å².